The molecule has 7 heteroatoms. The number of aryl methyl sites for hydroxylation is 2. The number of aromatic nitrogens is 3. The first-order chi connectivity index (χ1) is 13.1. The molecule has 0 atom stereocenters. The van der Waals surface area contributed by atoms with Gasteiger partial charge in [0, 0.05) is 23.7 Å². The van der Waals surface area contributed by atoms with Gasteiger partial charge in [0.1, 0.15) is 18.1 Å². The van der Waals surface area contributed by atoms with Crippen molar-refractivity contribution in [3.8, 4) is 5.75 Å². The molecule has 4 rings (SSSR count). The molecule has 0 aliphatic heterocycles. The number of rotatable bonds is 5. The zero-order valence-corrected chi connectivity index (χ0v) is 15.6. The summed E-state index contributed by atoms with van der Waals surface area (Å²) < 4.78 is 11.1. The molecule has 7 nitrogen and oxygen atoms in total. The minimum absolute atomic E-state index is 0.169. The number of nitrogens with zero attached hydrogens (tertiary/aromatic N) is 3. The van der Waals surface area contributed by atoms with Crippen LogP contribution >= 0.6 is 0 Å². The van der Waals surface area contributed by atoms with Crippen molar-refractivity contribution in [2.45, 2.75) is 58.3 Å². The van der Waals surface area contributed by atoms with Gasteiger partial charge in [0.15, 0.2) is 0 Å². The summed E-state index contributed by atoms with van der Waals surface area (Å²) in [5, 5.41) is 17.9. The Kier molecular flexibility index (Phi) is 4.94. The van der Waals surface area contributed by atoms with Gasteiger partial charge < -0.3 is 19.7 Å². The van der Waals surface area contributed by atoms with E-state index in [1.165, 1.54) is 0 Å². The molecule has 0 amide bonds. The second-order valence-electron chi connectivity index (χ2n) is 7.16. The van der Waals surface area contributed by atoms with E-state index in [0.717, 1.165) is 59.4 Å². The predicted molar refractivity (Wildman–Crippen MR) is 102 cm³/mol. The summed E-state index contributed by atoms with van der Waals surface area (Å²) in [6.45, 7) is 4.20. The number of aliphatic hydroxyl groups excluding tert-OH is 1. The van der Waals surface area contributed by atoms with E-state index >= 15 is 0 Å². The fourth-order valence-electron chi connectivity index (χ4n) is 3.43. The molecular formula is C20H24N4O3. The molecule has 2 aromatic heterocycles. The number of ether oxygens (including phenoxy) is 1. The van der Waals surface area contributed by atoms with Crippen LogP contribution in [0.25, 0.3) is 10.9 Å². The monoisotopic (exact) mass is 368 g/mol. The fraction of sp³-hybridized carbons (Fsp3) is 0.450. The van der Waals surface area contributed by atoms with Gasteiger partial charge in [-0.3, -0.25) is 0 Å². The molecule has 2 heterocycles. The number of nitrogens with one attached hydrogen (secondary N) is 1. The average Bonchev–Trinajstić information content (AvgIpc) is 2.99. The van der Waals surface area contributed by atoms with Crippen LogP contribution in [-0.2, 0) is 6.61 Å². The Bertz CT molecular complexity index is 913. The minimum Gasteiger partial charge on any atom is -0.489 e. The number of aliphatic hydroxyl groups is 1. The van der Waals surface area contributed by atoms with Crippen LogP contribution in [-0.4, -0.2) is 32.4 Å². The lowest BCUT2D eigenvalue weighted by Crippen LogP contribution is -2.28. The van der Waals surface area contributed by atoms with E-state index in [2.05, 4.69) is 20.4 Å². The van der Waals surface area contributed by atoms with Crippen molar-refractivity contribution in [2.24, 2.45) is 0 Å². The molecule has 1 saturated carbocycles. The topological polar surface area (TPSA) is 93.3 Å². The molecule has 1 fully saturated rings. The van der Waals surface area contributed by atoms with Crippen molar-refractivity contribution >= 4 is 16.9 Å². The van der Waals surface area contributed by atoms with Gasteiger partial charge in [-0.2, -0.15) is 0 Å². The van der Waals surface area contributed by atoms with E-state index in [1.807, 2.05) is 38.2 Å². The molecule has 0 radical (unpaired) electrons. The zero-order valence-electron chi connectivity index (χ0n) is 15.6. The van der Waals surface area contributed by atoms with E-state index in [0.29, 0.717) is 18.6 Å². The first kappa shape index (κ1) is 17.7. The zero-order chi connectivity index (χ0) is 18.8. The molecule has 3 aromatic rings. The van der Waals surface area contributed by atoms with Gasteiger partial charge in [0.05, 0.1) is 22.9 Å². The van der Waals surface area contributed by atoms with Crippen LogP contribution < -0.4 is 10.1 Å². The van der Waals surface area contributed by atoms with Crippen LogP contribution in [0.4, 0.5) is 5.95 Å². The van der Waals surface area contributed by atoms with E-state index < -0.39 is 0 Å². The Morgan fingerprint density at radius 1 is 1.22 bits per heavy atom. The van der Waals surface area contributed by atoms with Crippen molar-refractivity contribution < 1.29 is 14.4 Å². The fourth-order valence-corrected chi connectivity index (χ4v) is 3.43. The molecule has 2 N–H and O–H groups in total. The van der Waals surface area contributed by atoms with E-state index in [9.17, 15) is 5.11 Å². The number of benzene rings is 1. The largest absolute Gasteiger partial charge is 0.489 e. The Hall–Kier alpha value is -2.67. The maximum atomic E-state index is 9.64. The Balaban J connectivity index is 1.47. The van der Waals surface area contributed by atoms with Crippen molar-refractivity contribution in [2.75, 3.05) is 5.32 Å². The lowest BCUT2D eigenvalue weighted by molar-refractivity contribution is 0.126. The molecular weight excluding hydrogens is 344 g/mol. The molecule has 0 saturated heterocycles. The highest BCUT2D eigenvalue weighted by molar-refractivity contribution is 5.80. The number of hydrogen-bond donors (Lipinski definition) is 2. The first-order valence-corrected chi connectivity index (χ1v) is 9.34. The van der Waals surface area contributed by atoms with Crippen LogP contribution in [0.3, 0.4) is 0 Å². The standard InChI is InChI=1S/C20H24N4O3/c1-12-18(13(2)27-24-12)11-26-17-8-3-14-10-21-20(23-19(14)9-17)22-15-4-6-16(25)7-5-15/h3,8-10,15-16,25H,4-7,11H2,1-2H3,(H,21,22,23)/t15-,16-. The van der Waals surface area contributed by atoms with Gasteiger partial charge >= 0.3 is 0 Å². The van der Waals surface area contributed by atoms with Crippen molar-refractivity contribution in [3.05, 3.63) is 41.4 Å². The van der Waals surface area contributed by atoms with Crippen LogP contribution in [0.15, 0.2) is 28.9 Å². The summed E-state index contributed by atoms with van der Waals surface area (Å²) in [5.74, 6) is 2.14. The first-order valence-electron chi connectivity index (χ1n) is 9.34. The molecule has 142 valence electrons. The van der Waals surface area contributed by atoms with Gasteiger partial charge in [0.2, 0.25) is 5.95 Å². The summed E-state index contributed by atoms with van der Waals surface area (Å²) in [5.41, 5.74) is 2.65. The predicted octanol–water partition coefficient (Wildman–Crippen LogP) is 3.53. The van der Waals surface area contributed by atoms with Crippen LogP contribution in [0, 0.1) is 13.8 Å². The summed E-state index contributed by atoms with van der Waals surface area (Å²) in [6.07, 6.45) is 5.17. The Labute approximate surface area is 157 Å². The van der Waals surface area contributed by atoms with Crippen molar-refractivity contribution in [1.82, 2.24) is 15.1 Å². The van der Waals surface area contributed by atoms with Crippen LogP contribution in [0.5, 0.6) is 5.75 Å². The van der Waals surface area contributed by atoms with Gasteiger partial charge in [-0.25, -0.2) is 9.97 Å². The molecule has 0 unspecified atom stereocenters. The maximum absolute atomic E-state index is 9.64. The minimum atomic E-state index is -0.169. The second-order valence-corrected chi connectivity index (χ2v) is 7.16. The van der Waals surface area contributed by atoms with Crippen molar-refractivity contribution in [3.63, 3.8) is 0 Å². The SMILES string of the molecule is Cc1noc(C)c1COc1ccc2cnc(N[C@H]3CC[C@H](O)CC3)nc2c1. The third-order valence-corrected chi connectivity index (χ3v) is 5.15. The third-order valence-electron chi connectivity index (χ3n) is 5.15. The molecule has 1 aliphatic carbocycles. The smallest absolute Gasteiger partial charge is 0.223 e. The Morgan fingerprint density at radius 2 is 2.04 bits per heavy atom. The van der Waals surface area contributed by atoms with Gasteiger partial charge in [-0.1, -0.05) is 5.16 Å². The van der Waals surface area contributed by atoms with Crippen LogP contribution in [0.1, 0.15) is 42.7 Å². The molecule has 0 bridgehead atoms. The second kappa shape index (κ2) is 7.52. The normalized spacial score (nSPS) is 20.0. The van der Waals surface area contributed by atoms with Gasteiger partial charge in [-0.05, 0) is 51.7 Å². The highest BCUT2D eigenvalue weighted by Gasteiger charge is 2.19. The van der Waals surface area contributed by atoms with E-state index in [1.54, 1.807) is 0 Å². The highest BCUT2D eigenvalue weighted by Crippen LogP contribution is 2.24. The lowest BCUT2D eigenvalue weighted by atomic mass is 9.93. The summed E-state index contributed by atoms with van der Waals surface area (Å²) >= 11 is 0. The average molecular weight is 368 g/mol. The Morgan fingerprint density at radius 3 is 2.78 bits per heavy atom. The number of fused-ring (bicyclic) bond motifs is 1. The number of anilines is 1. The maximum Gasteiger partial charge on any atom is 0.223 e. The van der Waals surface area contributed by atoms with E-state index in [4.69, 9.17) is 9.26 Å². The summed E-state index contributed by atoms with van der Waals surface area (Å²) in [7, 11) is 0. The van der Waals surface area contributed by atoms with Crippen molar-refractivity contribution in [1.29, 1.82) is 0 Å². The molecule has 0 spiro atoms. The van der Waals surface area contributed by atoms with Gasteiger partial charge in [-0.15, -0.1) is 0 Å². The quantitative estimate of drug-likeness (QED) is 0.711. The van der Waals surface area contributed by atoms with Gasteiger partial charge in [0.25, 0.3) is 0 Å². The molecule has 27 heavy (non-hydrogen) atoms. The van der Waals surface area contributed by atoms with E-state index in [-0.39, 0.29) is 6.10 Å². The lowest BCUT2D eigenvalue weighted by Gasteiger charge is -2.26. The third kappa shape index (κ3) is 4.03. The summed E-state index contributed by atoms with van der Waals surface area (Å²) in [4.78, 5) is 9.05. The summed E-state index contributed by atoms with van der Waals surface area (Å²) in [6, 6.07) is 6.10. The molecule has 1 aliphatic rings. The van der Waals surface area contributed by atoms with Crippen LogP contribution in [0.2, 0.25) is 0 Å². The number of hydrogen-bond acceptors (Lipinski definition) is 7. The highest BCUT2D eigenvalue weighted by atomic mass is 16.5. The molecule has 1 aromatic carbocycles.